The first-order chi connectivity index (χ1) is 15.7. The van der Waals surface area contributed by atoms with Crippen molar-refractivity contribution in [3.05, 3.63) is 23.9 Å². The van der Waals surface area contributed by atoms with Gasteiger partial charge in [0, 0.05) is 38.6 Å². The Bertz CT molecular complexity index is 825. The third kappa shape index (κ3) is 4.65. The molecule has 10 heteroatoms. The first-order valence-electron chi connectivity index (χ1n) is 11.8. The lowest BCUT2D eigenvalue weighted by Gasteiger charge is -2.44. The van der Waals surface area contributed by atoms with Gasteiger partial charge in [0.2, 0.25) is 11.8 Å². The first-order valence-corrected chi connectivity index (χ1v) is 11.8. The quantitative estimate of drug-likeness (QED) is 0.473. The minimum absolute atomic E-state index is 0.0566. The van der Waals surface area contributed by atoms with Gasteiger partial charge in [0.15, 0.2) is 0 Å². The average molecular weight is 444 g/mol. The summed E-state index contributed by atoms with van der Waals surface area (Å²) >= 11 is 0. The molecule has 4 fully saturated rings. The third-order valence-corrected chi connectivity index (χ3v) is 6.78. The van der Waals surface area contributed by atoms with Crippen LogP contribution in [0.2, 0.25) is 0 Å². The Morgan fingerprint density at radius 1 is 1.12 bits per heavy atom. The van der Waals surface area contributed by atoms with Gasteiger partial charge < -0.3 is 15.4 Å². The van der Waals surface area contributed by atoms with Gasteiger partial charge in [0.25, 0.3) is 0 Å². The molecule has 4 aliphatic heterocycles. The summed E-state index contributed by atoms with van der Waals surface area (Å²) in [5.41, 5.74) is 0.675. The minimum atomic E-state index is -0.494. The lowest BCUT2D eigenvalue weighted by molar-refractivity contribution is -0.131. The Morgan fingerprint density at radius 2 is 2.00 bits per heavy atom. The van der Waals surface area contributed by atoms with Gasteiger partial charge in [-0.15, -0.1) is 0 Å². The van der Waals surface area contributed by atoms with E-state index in [0.717, 1.165) is 45.4 Å². The van der Waals surface area contributed by atoms with Crippen LogP contribution in [0.5, 0.6) is 0 Å². The van der Waals surface area contributed by atoms with Crippen LogP contribution in [0, 0.1) is 0 Å². The summed E-state index contributed by atoms with van der Waals surface area (Å²) in [4.78, 5) is 34.3. The van der Waals surface area contributed by atoms with E-state index in [-0.39, 0.29) is 30.3 Å². The number of hydrogen-bond donors (Lipinski definition) is 4. The molecule has 0 aliphatic carbocycles. The maximum atomic E-state index is 13.4. The number of carbonyl (C=O) groups is 2. The van der Waals surface area contributed by atoms with Crippen molar-refractivity contribution in [2.45, 2.75) is 50.1 Å². The van der Waals surface area contributed by atoms with E-state index < -0.39 is 5.92 Å². The number of anilines is 1. The fourth-order valence-electron chi connectivity index (χ4n) is 5.07. The van der Waals surface area contributed by atoms with E-state index in [1.54, 1.807) is 4.90 Å². The molecule has 4 aliphatic rings. The molecule has 0 bridgehead atoms. The second-order valence-electron chi connectivity index (χ2n) is 8.96. The van der Waals surface area contributed by atoms with Gasteiger partial charge >= 0.3 is 0 Å². The molecule has 4 N–H and O–H groups in total. The predicted octanol–water partition coefficient (Wildman–Crippen LogP) is -0.705. The van der Waals surface area contributed by atoms with Crippen LogP contribution in [0.1, 0.15) is 37.3 Å². The normalized spacial score (nSPS) is 32.2. The van der Waals surface area contributed by atoms with Crippen molar-refractivity contribution < 1.29 is 14.3 Å². The fraction of sp³-hybridized carbons (Fsp3) is 0.682. The molecule has 0 radical (unpaired) electrons. The number of hydrogen-bond acceptors (Lipinski definition) is 8. The van der Waals surface area contributed by atoms with Crippen LogP contribution in [0.3, 0.4) is 0 Å². The van der Waals surface area contributed by atoms with Gasteiger partial charge in [0.1, 0.15) is 18.0 Å². The van der Waals surface area contributed by atoms with Crippen molar-refractivity contribution in [3.63, 3.8) is 0 Å². The van der Waals surface area contributed by atoms with Gasteiger partial charge in [-0.3, -0.25) is 30.0 Å². The largest absolute Gasteiger partial charge is 0.379 e. The molecule has 174 valence electrons. The van der Waals surface area contributed by atoms with E-state index in [1.807, 2.05) is 18.2 Å². The highest BCUT2D eigenvalue weighted by Crippen LogP contribution is 2.26. The van der Waals surface area contributed by atoms with E-state index in [4.69, 9.17) is 9.72 Å². The lowest BCUT2D eigenvalue weighted by Crippen LogP contribution is -2.71. The van der Waals surface area contributed by atoms with Crippen molar-refractivity contribution in [1.29, 1.82) is 0 Å². The van der Waals surface area contributed by atoms with Crippen LogP contribution in [-0.2, 0) is 14.3 Å². The zero-order valence-electron chi connectivity index (χ0n) is 18.4. The summed E-state index contributed by atoms with van der Waals surface area (Å²) in [5.74, 6) is 0.174. The summed E-state index contributed by atoms with van der Waals surface area (Å²) in [6, 6.07) is 5.91. The Kier molecular flexibility index (Phi) is 6.65. The molecular weight excluding hydrogens is 410 g/mol. The van der Waals surface area contributed by atoms with Crippen molar-refractivity contribution in [2.75, 3.05) is 50.8 Å². The van der Waals surface area contributed by atoms with Gasteiger partial charge in [0.05, 0.1) is 25.1 Å². The Hall–Kier alpha value is -2.11. The number of carbonyl (C=O) groups excluding carboxylic acids is 2. The second-order valence-corrected chi connectivity index (χ2v) is 8.96. The molecule has 0 spiro atoms. The molecule has 5 rings (SSSR count). The highest BCUT2D eigenvalue weighted by atomic mass is 16.5. The number of morpholine rings is 1. The Labute approximate surface area is 188 Å². The molecule has 0 aromatic carbocycles. The van der Waals surface area contributed by atoms with E-state index in [2.05, 4.69) is 26.2 Å². The maximum absolute atomic E-state index is 13.4. The topological polar surface area (TPSA) is 111 Å². The molecule has 1 aromatic heterocycles. The molecule has 3 unspecified atom stereocenters. The lowest BCUT2D eigenvalue weighted by atomic mass is 9.95. The van der Waals surface area contributed by atoms with Gasteiger partial charge in [-0.05, 0) is 37.9 Å². The Morgan fingerprint density at radius 3 is 2.75 bits per heavy atom. The van der Waals surface area contributed by atoms with E-state index in [1.165, 1.54) is 0 Å². The number of amides is 2. The zero-order valence-corrected chi connectivity index (χ0v) is 18.4. The molecular formula is C22H33N7O3. The van der Waals surface area contributed by atoms with Crippen LogP contribution in [0.4, 0.5) is 5.82 Å². The number of nitrogens with one attached hydrogen (secondary N) is 4. The van der Waals surface area contributed by atoms with Crippen molar-refractivity contribution in [2.24, 2.45) is 0 Å². The predicted molar refractivity (Wildman–Crippen MR) is 119 cm³/mol. The highest BCUT2D eigenvalue weighted by Gasteiger charge is 2.41. The minimum Gasteiger partial charge on any atom is -0.379 e. The maximum Gasteiger partial charge on any atom is 0.234 e. The number of ether oxygens (including phenoxy) is 1. The molecule has 10 nitrogen and oxygen atoms in total. The summed E-state index contributed by atoms with van der Waals surface area (Å²) in [5, 5.41) is 13.9. The summed E-state index contributed by atoms with van der Waals surface area (Å²) < 4.78 is 5.48. The van der Waals surface area contributed by atoms with E-state index in [9.17, 15) is 9.59 Å². The number of aromatic nitrogens is 1. The SMILES string of the molecule is O=C1NC(N2CCOCC2)NC(N[C@@H]2CCCNC2)C1c1cccc(N2CCCC2=O)n1. The summed E-state index contributed by atoms with van der Waals surface area (Å²) in [7, 11) is 0. The van der Waals surface area contributed by atoms with Crippen LogP contribution >= 0.6 is 0 Å². The molecule has 2 amide bonds. The van der Waals surface area contributed by atoms with Crippen LogP contribution in [0.15, 0.2) is 18.2 Å². The molecule has 4 saturated heterocycles. The number of rotatable bonds is 5. The third-order valence-electron chi connectivity index (χ3n) is 6.78. The van der Waals surface area contributed by atoms with Crippen molar-refractivity contribution in [3.8, 4) is 0 Å². The highest BCUT2D eigenvalue weighted by molar-refractivity contribution is 5.94. The number of pyridine rings is 1. The smallest absolute Gasteiger partial charge is 0.234 e. The van der Waals surface area contributed by atoms with Crippen LogP contribution < -0.4 is 26.2 Å². The van der Waals surface area contributed by atoms with Crippen molar-refractivity contribution in [1.82, 2.24) is 31.2 Å². The average Bonchev–Trinajstić information content (AvgIpc) is 3.26. The number of piperidine rings is 1. The molecule has 1 aromatic rings. The molecule has 0 saturated carbocycles. The van der Waals surface area contributed by atoms with Crippen molar-refractivity contribution >= 4 is 17.6 Å². The van der Waals surface area contributed by atoms with Crippen LogP contribution in [-0.4, -0.2) is 86.1 Å². The van der Waals surface area contributed by atoms with E-state index in [0.29, 0.717) is 37.7 Å². The van der Waals surface area contributed by atoms with Gasteiger partial charge in [-0.25, -0.2) is 4.98 Å². The summed E-state index contributed by atoms with van der Waals surface area (Å²) in [6.07, 6.45) is 3.06. The molecule has 32 heavy (non-hydrogen) atoms. The first kappa shape index (κ1) is 21.7. The summed E-state index contributed by atoms with van der Waals surface area (Å²) in [6.45, 7) is 5.45. The number of nitrogens with zero attached hydrogens (tertiary/aromatic N) is 3. The standard InChI is InChI=1S/C22H33N7O3/c30-18-7-3-9-29(18)17-6-1-5-16(25-17)19-20(24-15-4-2-8-23-14-15)26-22(27-21(19)31)28-10-12-32-13-11-28/h1,5-6,15,19-20,22-24,26H,2-4,7-14H2,(H,27,31)/t15-,19?,20?,22?/m1/s1. The van der Waals surface area contributed by atoms with E-state index >= 15 is 0 Å². The fourth-order valence-corrected chi connectivity index (χ4v) is 5.07. The zero-order chi connectivity index (χ0) is 21.9. The van der Waals surface area contributed by atoms with Crippen LogP contribution in [0.25, 0.3) is 0 Å². The molecule has 4 atom stereocenters. The second kappa shape index (κ2) is 9.80. The molecule has 5 heterocycles. The van der Waals surface area contributed by atoms with Gasteiger partial charge in [-0.2, -0.15) is 0 Å². The Balaban J connectivity index is 1.39. The van der Waals surface area contributed by atoms with Gasteiger partial charge in [-0.1, -0.05) is 6.07 Å². The monoisotopic (exact) mass is 443 g/mol.